The van der Waals surface area contributed by atoms with E-state index in [-0.39, 0.29) is 5.56 Å². The van der Waals surface area contributed by atoms with Crippen molar-refractivity contribution in [3.05, 3.63) is 75.0 Å². The van der Waals surface area contributed by atoms with Crippen LogP contribution in [-0.4, -0.2) is 31.2 Å². The number of hydrogen-bond acceptors (Lipinski definition) is 4. The number of aromatic nitrogens is 4. The summed E-state index contributed by atoms with van der Waals surface area (Å²) in [5, 5.41) is 4.44. The van der Waals surface area contributed by atoms with Gasteiger partial charge in [-0.1, -0.05) is 24.3 Å². The number of rotatable bonds is 3. The molecular weight excluding hydrogens is 314 g/mol. The molecule has 4 rings (SSSR count). The standard InChI is InChI=1S/C19H21N5O/c1-13-9-18(25)22-19(21-13)24-14(2)17(10-20-24)12-23-8-7-15-5-3-4-6-16(15)11-23/h3-6,9-10H,7-8,11-12H2,1-2H3,(H,21,22,25). The Kier molecular flexibility index (Phi) is 3.97. The molecule has 0 spiro atoms. The van der Waals surface area contributed by atoms with Crippen molar-refractivity contribution >= 4 is 0 Å². The maximum Gasteiger partial charge on any atom is 0.252 e. The van der Waals surface area contributed by atoms with Gasteiger partial charge in [-0.15, -0.1) is 0 Å². The monoisotopic (exact) mass is 335 g/mol. The molecule has 3 heterocycles. The topological polar surface area (TPSA) is 66.8 Å². The summed E-state index contributed by atoms with van der Waals surface area (Å²) < 4.78 is 1.71. The number of H-pyrrole nitrogens is 1. The SMILES string of the molecule is Cc1cc(=O)[nH]c(-n2ncc(CN3CCc4ccccc4C3)c2C)n1. The third-order valence-corrected chi connectivity index (χ3v) is 4.77. The molecule has 1 aromatic carbocycles. The van der Waals surface area contributed by atoms with Gasteiger partial charge in [0.25, 0.3) is 5.56 Å². The minimum Gasteiger partial charge on any atom is -0.294 e. The van der Waals surface area contributed by atoms with Crippen LogP contribution in [0.2, 0.25) is 0 Å². The zero-order valence-electron chi connectivity index (χ0n) is 14.5. The van der Waals surface area contributed by atoms with Gasteiger partial charge in [0.1, 0.15) is 0 Å². The summed E-state index contributed by atoms with van der Waals surface area (Å²) in [4.78, 5) is 21.3. The molecule has 0 atom stereocenters. The molecule has 128 valence electrons. The maximum absolute atomic E-state index is 11.7. The van der Waals surface area contributed by atoms with Crippen molar-refractivity contribution < 1.29 is 0 Å². The molecule has 25 heavy (non-hydrogen) atoms. The van der Waals surface area contributed by atoms with Crippen molar-refractivity contribution in [1.82, 2.24) is 24.6 Å². The summed E-state index contributed by atoms with van der Waals surface area (Å²) in [5.41, 5.74) is 5.54. The van der Waals surface area contributed by atoms with E-state index >= 15 is 0 Å². The Labute approximate surface area is 146 Å². The lowest BCUT2D eigenvalue weighted by atomic mass is 9.99. The van der Waals surface area contributed by atoms with Crippen LogP contribution in [0.15, 0.2) is 41.3 Å². The molecule has 2 aromatic heterocycles. The summed E-state index contributed by atoms with van der Waals surface area (Å²) in [5.74, 6) is 0.470. The van der Waals surface area contributed by atoms with E-state index in [0.29, 0.717) is 11.6 Å². The molecule has 6 nitrogen and oxygen atoms in total. The van der Waals surface area contributed by atoms with Crippen LogP contribution in [0.3, 0.4) is 0 Å². The van der Waals surface area contributed by atoms with Crippen molar-refractivity contribution in [3.8, 4) is 5.95 Å². The van der Waals surface area contributed by atoms with E-state index in [4.69, 9.17) is 0 Å². The molecule has 1 aliphatic rings. The second-order valence-electron chi connectivity index (χ2n) is 6.61. The molecule has 0 unspecified atom stereocenters. The lowest BCUT2D eigenvalue weighted by molar-refractivity contribution is 0.245. The average molecular weight is 335 g/mol. The van der Waals surface area contributed by atoms with Crippen molar-refractivity contribution in [3.63, 3.8) is 0 Å². The van der Waals surface area contributed by atoms with Crippen LogP contribution >= 0.6 is 0 Å². The van der Waals surface area contributed by atoms with Crippen LogP contribution in [0.25, 0.3) is 5.95 Å². The lowest BCUT2D eigenvalue weighted by Crippen LogP contribution is -2.30. The Morgan fingerprint density at radius 2 is 2.00 bits per heavy atom. The first-order valence-corrected chi connectivity index (χ1v) is 8.51. The Morgan fingerprint density at radius 1 is 1.20 bits per heavy atom. The van der Waals surface area contributed by atoms with Crippen LogP contribution in [-0.2, 0) is 19.5 Å². The number of nitrogens with one attached hydrogen (secondary N) is 1. The minimum absolute atomic E-state index is 0.161. The number of fused-ring (bicyclic) bond motifs is 1. The maximum atomic E-state index is 11.7. The molecule has 0 aliphatic carbocycles. The van der Waals surface area contributed by atoms with E-state index in [1.807, 2.05) is 20.0 Å². The summed E-state index contributed by atoms with van der Waals surface area (Å²) >= 11 is 0. The normalized spacial score (nSPS) is 14.5. The van der Waals surface area contributed by atoms with Gasteiger partial charge in [0.2, 0.25) is 5.95 Å². The van der Waals surface area contributed by atoms with Gasteiger partial charge >= 0.3 is 0 Å². The largest absolute Gasteiger partial charge is 0.294 e. The van der Waals surface area contributed by atoms with Gasteiger partial charge in [-0.05, 0) is 31.4 Å². The van der Waals surface area contributed by atoms with E-state index in [0.717, 1.165) is 37.3 Å². The third kappa shape index (κ3) is 3.13. The highest BCUT2D eigenvalue weighted by Crippen LogP contribution is 2.21. The first-order chi connectivity index (χ1) is 12.1. The third-order valence-electron chi connectivity index (χ3n) is 4.77. The van der Waals surface area contributed by atoms with Crippen LogP contribution in [0.1, 0.15) is 28.1 Å². The van der Waals surface area contributed by atoms with E-state index < -0.39 is 0 Å². The average Bonchev–Trinajstić information content (AvgIpc) is 2.95. The van der Waals surface area contributed by atoms with Gasteiger partial charge < -0.3 is 0 Å². The number of aromatic amines is 1. The van der Waals surface area contributed by atoms with Gasteiger partial charge in [-0.25, -0.2) is 9.67 Å². The highest BCUT2D eigenvalue weighted by atomic mass is 16.1. The second-order valence-corrected chi connectivity index (χ2v) is 6.61. The molecule has 6 heteroatoms. The first kappa shape index (κ1) is 15.8. The van der Waals surface area contributed by atoms with E-state index in [1.54, 1.807) is 4.68 Å². The fourth-order valence-corrected chi connectivity index (χ4v) is 3.41. The predicted molar refractivity (Wildman–Crippen MR) is 95.7 cm³/mol. The van der Waals surface area contributed by atoms with Gasteiger partial charge in [-0.3, -0.25) is 14.7 Å². The number of benzene rings is 1. The van der Waals surface area contributed by atoms with Crippen LogP contribution < -0.4 is 5.56 Å². The zero-order chi connectivity index (χ0) is 17.4. The van der Waals surface area contributed by atoms with Crippen LogP contribution in [0.4, 0.5) is 0 Å². The molecule has 0 amide bonds. The molecule has 0 bridgehead atoms. The Balaban J connectivity index is 1.57. The fourth-order valence-electron chi connectivity index (χ4n) is 3.41. The fraction of sp³-hybridized carbons (Fsp3) is 0.316. The van der Waals surface area contributed by atoms with Crippen molar-refractivity contribution in [1.29, 1.82) is 0 Å². The molecule has 0 saturated carbocycles. The van der Waals surface area contributed by atoms with Crippen LogP contribution in [0.5, 0.6) is 0 Å². The van der Waals surface area contributed by atoms with E-state index in [1.165, 1.54) is 17.2 Å². The molecule has 3 aromatic rings. The van der Waals surface area contributed by atoms with Gasteiger partial charge in [-0.2, -0.15) is 5.10 Å². The molecule has 0 radical (unpaired) electrons. The van der Waals surface area contributed by atoms with Gasteiger partial charge in [0.15, 0.2) is 0 Å². The lowest BCUT2D eigenvalue weighted by Gasteiger charge is -2.28. The molecule has 1 aliphatic heterocycles. The number of nitrogens with zero attached hydrogens (tertiary/aromatic N) is 4. The van der Waals surface area contributed by atoms with Crippen molar-refractivity contribution in [2.75, 3.05) is 6.54 Å². The summed E-state index contributed by atoms with van der Waals surface area (Å²) in [6, 6.07) is 10.1. The van der Waals surface area contributed by atoms with Crippen molar-refractivity contribution in [2.45, 2.75) is 33.4 Å². The predicted octanol–water partition coefficient (Wildman–Crippen LogP) is 2.13. The second kappa shape index (κ2) is 6.29. The number of hydrogen-bond donors (Lipinski definition) is 1. The van der Waals surface area contributed by atoms with Gasteiger partial charge in [0.05, 0.1) is 6.20 Å². The van der Waals surface area contributed by atoms with Crippen LogP contribution in [0, 0.1) is 13.8 Å². The Bertz CT molecular complexity index is 972. The molecule has 0 fully saturated rings. The molecular formula is C19H21N5O. The van der Waals surface area contributed by atoms with Gasteiger partial charge in [0, 0.05) is 42.7 Å². The summed E-state index contributed by atoms with van der Waals surface area (Å²) in [6.45, 7) is 6.67. The highest BCUT2D eigenvalue weighted by molar-refractivity contribution is 5.30. The molecule has 1 N–H and O–H groups in total. The first-order valence-electron chi connectivity index (χ1n) is 8.51. The Hall–Kier alpha value is -2.73. The van der Waals surface area contributed by atoms with E-state index in [9.17, 15) is 4.79 Å². The quantitative estimate of drug-likeness (QED) is 0.796. The summed E-state index contributed by atoms with van der Waals surface area (Å²) in [7, 11) is 0. The smallest absolute Gasteiger partial charge is 0.252 e. The Morgan fingerprint density at radius 3 is 2.80 bits per heavy atom. The van der Waals surface area contributed by atoms with Crippen molar-refractivity contribution in [2.24, 2.45) is 0 Å². The van der Waals surface area contributed by atoms with E-state index in [2.05, 4.69) is 44.2 Å². The number of aryl methyl sites for hydroxylation is 1. The summed E-state index contributed by atoms with van der Waals surface area (Å²) in [6.07, 6.45) is 2.95. The highest BCUT2D eigenvalue weighted by Gasteiger charge is 2.18. The zero-order valence-corrected chi connectivity index (χ0v) is 14.5. The minimum atomic E-state index is -0.161. The molecule has 0 saturated heterocycles.